The minimum atomic E-state index is 0.199. The SMILES string of the molecule is O=C(Cc1ccc(Cl)cc1)N1CCC[C@@]2(CCCN2CCCc2ccccc2)C1. The summed E-state index contributed by atoms with van der Waals surface area (Å²) in [5.41, 5.74) is 2.67. The lowest BCUT2D eigenvalue weighted by atomic mass is 9.86. The van der Waals surface area contributed by atoms with E-state index in [9.17, 15) is 4.79 Å². The number of hydrogen-bond donors (Lipinski definition) is 0. The second kappa shape index (κ2) is 9.32. The fourth-order valence-corrected chi connectivity index (χ4v) is 5.26. The Morgan fingerprint density at radius 2 is 1.66 bits per heavy atom. The number of rotatable bonds is 6. The number of benzene rings is 2. The molecule has 2 aliphatic rings. The average molecular weight is 411 g/mol. The Balaban J connectivity index is 1.35. The zero-order valence-corrected chi connectivity index (χ0v) is 17.9. The molecule has 0 unspecified atom stereocenters. The Kier molecular flexibility index (Phi) is 6.56. The van der Waals surface area contributed by atoms with Crippen LogP contribution >= 0.6 is 11.6 Å². The van der Waals surface area contributed by atoms with Gasteiger partial charge in [0.15, 0.2) is 0 Å². The molecule has 29 heavy (non-hydrogen) atoms. The van der Waals surface area contributed by atoms with Crippen LogP contribution in [0.5, 0.6) is 0 Å². The van der Waals surface area contributed by atoms with Crippen LogP contribution in [0.3, 0.4) is 0 Å². The molecule has 0 saturated carbocycles. The van der Waals surface area contributed by atoms with Crippen LogP contribution in [-0.2, 0) is 17.6 Å². The fraction of sp³-hybridized carbons (Fsp3) is 0.480. The summed E-state index contributed by atoms with van der Waals surface area (Å²) in [4.78, 5) is 17.8. The molecule has 0 aromatic heterocycles. The molecule has 2 fully saturated rings. The van der Waals surface area contributed by atoms with Gasteiger partial charge in [0.05, 0.1) is 6.42 Å². The first-order valence-electron chi connectivity index (χ1n) is 11.0. The number of likely N-dealkylation sites (tertiary alicyclic amines) is 2. The van der Waals surface area contributed by atoms with Crippen LogP contribution in [0.1, 0.15) is 43.2 Å². The predicted molar refractivity (Wildman–Crippen MR) is 119 cm³/mol. The maximum Gasteiger partial charge on any atom is 0.227 e. The van der Waals surface area contributed by atoms with Gasteiger partial charge in [0, 0.05) is 23.7 Å². The van der Waals surface area contributed by atoms with Crippen molar-refractivity contribution in [3.8, 4) is 0 Å². The molecule has 2 aromatic carbocycles. The van der Waals surface area contributed by atoms with E-state index in [4.69, 9.17) is 11.6 Å². The van der Waals surface area contributed by atoms with E-state index in [-0.39, 0.29) is 11.4 Å². The van der Waals surface area contributed by atoms with Gasteiger partial charge in [-0.15, -0.1) is 0 Å². The largest absolute Gasteiger partial charge is 0.341 e. The van der Waals surface area contributed by atoms with Gasteiger partial charge in [0.2, 0.25) is 5.91 Å². The summed E-state index contributed by atoms with van der Waals surface area (Å²) in [5, 5.41) is 0.718. The Bertz CT molecular complexity index is 807. The lowest BCUT2D eigenvalue weighted by Crippen LogP contribution is -2.57. The average Bonchev–Trinajstić information content (AvgIpc) is 3.12. The zero-order valence-electron chi connectivity index (χ0n) is 17.2. The van der Waals surface area contributed by atoms with Crippen molar-refractivity contribution >= 4 is 17.5 Å². The van der Waals surface area contributed by atoms with Crippen molar-refractivity contribution in [2.75, 3.05) is 26.2 Å². The van der Waals surface area contributed by atoms with E-state index in [1.807, 2.05) is 24.3 Å². The van der Waals surface area contributed by atoms with Crippen molar-refractivity contribution < 1.29 is 4.79 Å². The molecule has 0 radical (unpaired) electrons. The minimum absolute atomic E-state index is 0.199. The molecule has 0 N–H and O–H groups in total. The highest BCUT2D eigenvalue weighted by molar-refractivity contribution is 6.30. The Hall–Kier alpha value is -1.84. The summed E-state index contributed by atoms with van der Waals surface area (Å²) in [6.45, 7) is 4.10. The van der Waals surface area contributed by atoms with Gasteiger partial charge in [-0.2, -0.15) is 0 Å². The molecule has 1 amide bonds. The van der Waals surface area contributed by atoms with Gasteiger partial charge >= 0.3 is 0 Å². The third-order valence-electron chi connectivity index (χ3n) is 6.65. The number of piperidine rings is 1. The molecule has 2 heterocycles. The van der Waals surface area contributed by atoms with Crippen LogP contribution in [0.4, 0.5) is 0 Å². The van der Waals surface area contributed by atoms with E-state index < -0.39 is 0 Å². The lowest BCUT2D eigenvalue weighted by Gasteiger charge is -2.46. The van der Waals surface area contributed by atoms with Crippen LogP contribution in [-0.4, -0.2) is 47.4 Å². The van der Waals surface area contributed by atoms with E-state index in [1.165, 1.54) is 37.8 Å². The second-order valence-corrected chi connectivity index (χ2v) is 9.06. The first-order valence-corrected chi connectivity index (χ1v) is 11.3. The van der Waals surface area contributed by atoms with Crippen LogP contribution in [0.15, 0.2) is 54.6 Å². The molecule has 2 aliphatic heterocycles. The molecule has 1 spiro atoms. The molecular weight excluding hydrogens is 380 g/mol. The monoisotopic (exact) mass is 410 g/mol. The standard InChI is InChI=1S/C25H31ClN2O/c26-23-12-10-22(11-13-23)19-24(29)27-16-5-14-25(20-27)15-6-18-28(25)17-4-9-21-7-2-1-3-8-21/h1-3,7-8,10-13H,4-6,9,14-20H2/t25-/m1/s1. The number of aryl methyl sites for hydroxylation is 1. The Morgan fingerprint density at radius 1 is 0.931 bits per heavy atom. The second-order valence-electron chi connectivity index (χ2n) is 8.63. The molecule has 0 bridgehead atoms. The quantitative estimate of drug-likeness (QED) is 0.671. The molecule has 2 aromatic rings. The normalized spacial score (nSPS) is 22.3. The highest BCUT2D eigenvalue weighted by atomic mass is 35.5. The zero-order chi connectivity index (χ0) is 20.1. The van der Waals surface area contributed by atoms with Crippen molar-refractivity contribution in [1.29, 1.82) is 0 Å². The first kappa shape index (κ1) is 20.4. The smallest absolute Gasteiger partial charge is 0.227 e. The van der Waals surface area contributed by atoms with Crippen LogP contribution < -0.4 is 0 Å². The fourth-order valence-electron chi connectivity index (χ4n) is 5.14. The van der Waals surface area contributed by atoms with E-state index in [2.05, 4.69) is 40.1 Å². The van der Waals surface area contributed by atoms with Crippen LogP contribution in [0.25, 0.3) is 0 Å². The number of carbonyl (C=O) groups is 1. The Labute approximate surface area is 179 Å². The van der Waals surface area contributed by atoms with E-state index >= 15 is 0 Å². The van der Waals surface area contributed by atoms with Crippen molar-refractivity contribution in [1.82, 2.24) is 9.80 Å². The lowest BCUT2D eigenvalue weighted by molar-refractivity contribution is -0.134. The van der Waals surface area contributed by atoms with Crippen LogP contribution in [0.2, 0.25) is 5.02 Å². The van der Waals surface area contributed by atoms with Gasteiger partial charge in [0.25, 0.3) is 0 Å². The summed E-state index contributed by atoms with van der Waals surface area (Å²) >= 11 is 5.97. The maximum atomic E-state index is 13.0. The number of hydrogen-bond acceptors (Lipinski definition) is 2. The minimum Gasteiger partial charge on any atom is -0.341 e. The van der Waals surface area contributed by atoms with Gasteiger partial charge in [0.1, 0.15) is 0 Å². The van der Waals surface area contributed by atoms with Crippen molar-refractivity contribution in [3.05, 3.63) is 70.7 Å². The summed E-state index contributed by atoms with van der Waals surface area (Å²) in [6, 6.07) is 18.4. The summed E-state index contributed by atoms with van der Waals surface area (Å²) in [6.07, 6.45) is 7.61. The first-order chi connectivity index (χ1) is 14.1. The third-order valence-corrected chi connectivity index (χ3v) is 6.91. The molecule has 3 nitrogen and oxygen atoms in total. The molecular formula is C25H31ClN2O. The Morgan fingerprint density at radius 3 is 2.41 bits per heavy atom. The maximum absolute atomic E-state index is 13.0. The van der Waals surface area contributed by atoms with E-state index in [1.54, 1.807) is 0 Å². The number of nitrogens with zero attached hydrogens (tertiary/aromatic N) is 2. The van der Waals surface area contributed by atoms with Crippen LogP contribution in [0, 0.1) is 0 Å². The van der Waals surface area contributed by atoms with E-state index in [0.29, 0.717) is 6.42 Å². The highest BCUT2D eigenvalue weighted by Gasteiger charge is 2.44. The summed E-state index contributed by atoms with van der Waals surface area (Å²) in [7, 11) is 0. The van der Waals surface area contributed by atoms with E-state index in [0.717, 1.165) is 43.1 Å². The molecule has 1 atom stereocenters. The molecule has 2 saturated heterocycles. The molecule has 154 valence electrons. The van der Waals surface area contributed by atoms with Gasteiger partial charge < -0.3 is 4.90 Å². The predicted octanol–water partition coefficient (Wildman–Crippen LogP) is 4.97. The highest BCUT2D eigenvalue weighted by Crippen LogP contribution is 2.37. The third kappa shape index (κ3) is 5.02. The van der Waals surface area contributed by atoms with Gasteiger partial charge in [-0.1, -0.05) is 54.1 Å². The number of amides is 1. The van der Waals surface area contributed by atoms with Gasteiger partial charge in [-0.05, 0) is 74.9 Å². The molecule has 0 aliphatic carbocycles. The number of halogens is 1. The van der Waals surface area contributed by atoms with Gasteiger partial charge in [-0.25, -0.2) is 0 Å². The molecule has 4 rings (SSSR count). The summed E-state index contributed by atoms with van der Waals surface area (Å²) < 4.78 is 0. The van der Waals surface area contributed by atoms with Crippen molar-refractivity contribution in [2.45, 2.75) is 50.5 Å². The van der Waals surface area contributed by atoms with Crippen molar-refractivity contribution in [3.63, 3.8) is 0 Å². The van der Waals surface area contributed by atoms with Gasteiger partial charge in [-0.3, -0.25) is 9.69 Å². The van der Waals surface area contributed by atoms with Crippen molar-refractivity contribution in [2.24, 2.45) is 0 Å². The topological polar surface area (TPSA) is 23.6 Å². The number of carbonyl (C=O) groups excluding carboxylic acids is 1. The summed E-state index contributed by atoms with van der Waals surface area (Å²) in [5.74, 6) is 0.252. The molecule has 4 heteroatoms.